The molecule has 0 unspecified atom stereocenters. The van der Waals surface area contributed by atoms with Crippen molar-refractivity contribution in [3.63, 3.8) is 0 Å². The molecule has 0 N–H and O–H groups in total. The lowest BCUT2D eigenvalue weighted by molar-refractivity contribution is -0.390. The highest BCUT2D eigenvalue weighted by Gasteiger charge is 2.18. The fourth-order valence-corrected chi connectivity index (χ4v) is 1.42. The molecule has 0 spiro atoms. The standard InChI is InChI=1S/C7H6FNO2S/c1-12-6-4-2-3-5(8)7(6)9(10)11/h2-4H,1H3. The fraction of sp³-hybridized carbons (Fsp3) is 0.143. The molecule has 1 rings (SSSR count). The second-order valence-electron chi connectivity index (χ2n) is 2.05. The van der Waals surface area contributed by atoms with Crippen molar-refractivity contribution in [1.29, 1.82) is 0 Å². The molecule has 0 radical (unpaired) electrons. The van der Waals surface area contributed by atoms with E-state index in [9.17, 15) is 14.5 Å². The first-order valence-corrected chi connectivity index (χ1v) is 4.36. The minimum absolute atomic E-state index is 0.347. The van der Waals surface area contributed by atoms with Crippen molar-refractivity contribution >= 4 is 17.4 Å². The molecule has 12 heavy (non-hydrogen) atoms. The molecule has 0 atom stereocenters. The molecule has 1 aromatic rings. The summed E-state index contributed by atoms with van der Waals surface area (Å²) in [5.41, 5.74) is -0.440. The predicted molar refractivity (Wildman–Crippen MR) is 44.8 cm³/mol. The van der Waals surface area contributed by atoms with Crippen LogP contribution in [0.1, 0.15) is 0 Å². The molecule has 1 aromatic carbocycles. The van der Waals surface area contributed by atoms with Crippen LogP contribution in [0.25, 0.3) is 0 Å². The summed E-state index contributed by atoms with van der Waals surface area (Å²) in [6, 6.07) is 4.05. The van der Waals surface area contributed by atoms with Gasteiger partial charge < -0.3 is 0 Å². The van der Waals surface area contributed by atoms with Gasteiger partial charge in [-0.1, -0.05) is 6.07 Å². The minimum Gasteiger partial charge on any atom is -0.258 e. The van der Waals surface area contributed by atoms with Gasteiger partial charge >= 0.3 is 5.69 Å². The zero-order valence-electron chi connectivity index (χ0n) is 6.28. The summed E-state index contributed by atoms with van der Waals surface area (Å²) in [5.74, 6) is -0.785. The molecule has 0 aliphatic carbocycles. The first-order chi connectivity index (χ1) is 5.66. The molecule has 64 valence electrons. The minimum atomic E-state index is -0.785. The monoisotopic (exact) mass is 187 g/mol. The van der Waals surface area contributed by atoms with Gasteiger partial charge in [-0.25, -0.2) is 0 Å². The largest absolute Gasteiger partial charge is 0.318 e. The van der Waals surface area contributed by atoms with Crippen molar-refractivity contribution in [2.45, 2.75) is 4.90 Å². The van der Waals surface area contributed by atoms with Gasteiger partial charge in [0.15, 0.2) is 0 Å². The van der Waals surface area contributed by atoms with Crippen LogP contribution >= 0.6 is 11.8 Å². The summed E-state index contributed by atoms with van der Waals surface area (Å²) < 4.78 is 12.8. The molecule has 0 aliphatic rings. The molecule has 0 amide bonds. The van der Waals surface area contributed by atoms with E-state index >= 15 is 0 Å². The van der Waals surface area contributed by atoms with E-state index in [0.29, 0.717) is 4.90 Å². The molecule has 0 aliphatic heterocycles. The molecular formula is C7H6FNO2S. The molecule has 0 bridgehead atoms. The lowest BCUT2D eigenvalue weighted by Crippen LogP contribution is -1.94. The zero-order chi connectivity index (χ0) is 9.14. The molecular weight excluding hydrogens is 181 g/mol. The van der Waals surface area contributed by atoms with Crippen LogP contribution in [0.4, 0.5) is 10.1 Å². The van der Waals surface area contributed by atoms with E-state index < -0.39 is 16.4 Å². The number of para-hydroxylation sites is 1. The second-order valence-corrected chi connectivity index (χ2v) is 2.90. The quantitative estimate of drug-likeness (QED) is 0.405. The van der Waals surface area contributed by atoms with Crippen molar-refractivity contribution in [2.24, 2.45) is 0 Å². The first kappa shape index (κ1) is 8.99. The summed E-state index contributed by atoms with van der Waals surface area (Å²) in [6.07, 6.45) is 1.67. The highest BCUT2D eigenvalue weighted by Crippen LogP contribution is 2.29. The van der Waals surface area contributed by atoms with Crippen LogP contribution in [0.5, 0.6) is 0 Å². The van der Waals surface area contributed by atoms with E-state index in [1.165, 1.54) is 12.1 Å². The Labute approximate surface area is 72.7 Å². The molecule has 3 nitrogen and oxygen atoms in total. The van der Waals surface area contributed by atoms with E-state index in [2.05, 4.69) is 0 Å². The van der Waals surface area contributed by atoms with Gasteiger partial charge in [0.25, 0.3) is 0 Å². The van der Waals surface area contributed by atoms with Crippen molar-refractivity contribution < 1.29 is 9.31 Å². The maximum absolute atomic E-state index is 12.8. The Morgan fingerprint density at radius 2 is 2.25 bits per heavy atom. The van der Waals surface area contributed by atoms with Gasteiger partial charge in [-0.2, -0.15) is 4.39 Å². The Morgan fingerprint density at radius 3 is 2.67 bits per heavy atom. The van der Waals surface area contributed by atoms with Crippen LogP contribution in [0.15, 0.2) is 23.1 Å². The van der Waals surface area contributed by atoms with Crippen LogP contribution in [0.3, 0.4) is 0 Å². The molecule has 0 heterocycles. The third kappa shape index (κ3) is 1.55. The fourth-order valence-electron chi connectivity index (χ4n) is 0.837. The van der Waals surface area contributed by atoms with Crippen LogP contribution in [0, 0.1) is 15.9 Å². The lowest BCUT2D eigenvalue weighted by atomic mass is 10.3. The number of benzene rings is 1. The molecule has 0 aromatic heterocycles. The van der Waals surface area contributed by atoms with Gasteiger partial charge in [0.1, 0.15) is 0 Å². The number of nitro benzene ring substituents is 1. The number of nitro groups is 1. The molecule has 0 saturated carbocycles. The van der Waals surface area contributed by atoms with Gasteiger partial charge in [-0.3, -0.25) is 10.1 Å². The summed E-state index contributed by atoms with van der Waals surface area (Å²) >= 11 is 1.16. The van der Waals surface area contributed by atoms with E-state index in [-0.39, 0.29) is 0 Å². The van der Waals surface area contributed by atoms with E-state index in [1.807, 2.05) is 0 Å². The van der Waals surface area contributed by atoms with Gasteiger partial charge in [0.05, 0.1) is 9.82 Å². The Morgan fingerprint density at radius 1 is 1.58 bits per heavy atom. The second kappa shape index (κ2) is 3.53. The maximum atomic E-state index is 12.8. The number of thioether (sulfide) groups is 1. The molecule has 5 heteroatoms. The van der Waals surface area contributed by atoms with E-state index in [1.54, 1.807) is 6.26 Å². The van der Waals surface area contributed by atoms with Crippen LogP contribution in [-0.2, 0) is 0 Å². The van der Waals surface area contributed by atoms with Crippen LogP contribution in [-0.4, -0.2) is 11.2 Å². The third-order valence-electron chi connectivity index (χ3n) is 1.35. The number of hydrogen-bond acceptors (Lipinski definition) is 3. The lowest BCUT2D eigenvalue weighted by Gasteiger charge is -1.98. The summed E-state index contributed by atoms with van der Waals surface area (Å²) in [6.45, 7) is 0. The SMILES string of the molecule is CSc1cccc(F)c1[N+](=O)[O-]. The van der Waals surface area contributed by atoms with Gasteiger partial charge in [-0.05, 0) is 18.4 Å². The highest BCUT2D eigenvalue weighted by molar-refractivity contribution is 7.98. The van der Waals surface area contributed by atoms with Gasteiger partial charge in [-0.15, -0.1) is 11.8 Å². The maximum Gasteiger partial charge on any atom is 0.318 e. The average molecular weight is 187 g/mol. The third-order valence-corrected chi connectivity index (χ3v) is 2.12. The van der Waals surface area contributed by atoms with E-state index in [4.69, 9.17) is 0 Å². The highest BCUT2D eigenvalue weighted by atomic mass is 32.2. The summed E-state index contributed by atoms with van der Waals surface area (Å²) in [7, 11) is 0. The topological polar surface area (TPSA) is 43.1 Å². The van der Waals surface area contributed by atoms with Gasteiger partial charge in [0.2, 0.25) is 5.82 Å². The van der Waals surface area contributed by atoms with Crippen molar-refractivity contribution in [2.75, 3.05) is 6.26 Å². The van der Waals surface area contributed by atoms with Crippen molar-refractivity contribution in [3.05, 3.63) is 34.1 Å². The number of halogens is 1. The van der Waals surface area contributed by atoms with Gasteiger partial charge in [0, 0.05) is 0 Å². The van der Waals surface area contributed by atoms with Crippen molar-refractivity contribution in [3.8, 4) is 0 Å². The Hall–Kier alpha value is -1.10. The summed E-state index contributed by atoms with van der Waals surface area (Å²) in [4.78, 5) is 9.99. The number of nitrogens with zero attached hydrogens (tertiary/aromatic N) is 1. The molecule has 0 saturated heterocycles. The molecule has 0 fully saturated rings. The first-order valence-electron chi connectivity index (χ1n) is 3.13. The van der Waals surface area contributed by atoms with Crippen LogP contribution < -0.4 is 0 Å². The van der Waals surface area contributed by atoms with E-state index in [0.717, 1.165) is 17.8 Å². The predicted octanol–water partition coefficient (Wildman–Crippen LogP) is 2.46. The Bertz CT molecular complexity index is 316. The number of hydrogen-bond donors (Lipinski definition) is 0. The summed E-state index contributed by atoms with van der Waals surface area (Å²) in [5, 5.41) is 10.4. The zero-order valence-corrected chi connectivity index (χ0v) is 7.10. The number of rotatable bonds is 2. The normalized spacial score (nSPS) is 9.83. The van der Waals surface area contributed by atoms with Crippen molar-refractivity contribution in [1.82, 2.24) is 0 Å². The van der Waals surface area contributed by atoms with Crippen LogP contribution in [0.2, 0.25) is 0 Å². The Balaban J connectivity index is 3.29. The smallest absolute Gasteiger partial charge is 0.258 e. The Kier molecular flexibility index (Phi) is 2.65. The average Bonchev–Trinajstić information content (AvgIpc) is 2.03.